The molecule has 0 saturated heterocycles. The number of pyridine rings is 1. The molecule has 11 nitrogen and oxygen atoms in total. The van der Waals surface area contributed by atoms with E-state index >= 15 is 4.39 Å². The molecule has 0 bridgehead atoms. The molecule has 1 aliphatic heterocycles. The number of carbonyl (C=O) groups excluding carboxylic acids is 2. The van der Waals surface area contributed by atoms with Crippen LogP contribution in [0.2, 0.25) is 5.02 Å². The maximum absolute atomic E-state index is 15.2. The number of aromatic nitrogens is 5. The van der Waals surface area contributed by atoms with Gasteiger partial charge < -0.3 is 15.3 Å². The Morgan fingerprint density at radius 2 is 1.80 bits per heavy atom. The average Bonchev–Trinajstić information content (AvgIpc) is 3.60. The van der Waals surface area contributed by atoms with Crippen LogP contribution >= 0.6 is 11.6 Å². The van der Waals surface area contributed by atoms with Crippen LogP contribution in [0.15, 0.2) is 91.5 Å². The number of benzene rings is 3. The molecule has 6 rings (SSSR count). The molecule has 0 radical (unpaired) electrons. The highest BCUT2D eigenvalue weighted by molar-refractivity contribution is 6.31. The van der Waals surface area contributed by atoms with Gasteiger partial charge in [-0.1, -0.05) is 29.8 Å². The average molecular weight is 624 g/mol. The summed E-state index contributed by atoms with van der Waals surface area (Å²) in [5, 5.41) is 22.9. The van der Waals surface area contributed by atoms with Crippen LogP contribution < -0.4 is 5.32 Å². The minimum atomic E-state index is -1.10. The second-order valence-electron chi connectivity index (χ2n) is 10.0. The van der Waals surface area contributed by atoms with Gasteiger partial charge in [0, 0.05) is 36.3 Å². The third-order valence-corrected chi connectivity index (χ3v) is 7.73. The maximum Gasteiger partial charge on any atom is 0.335 e. The van der Waals surface area contributed by atoms with E-state index in [1.165, 1.54) is 64.5 Å². The molecule has 2 aromatic heterocycles. The summed E-state index contributed by atoms with van der Waals surface area (Å²) in [7, 11) is 0. The number of hydrogen-bond donors (Lipinski definition) is 2. The largest absolute Gasteiger partial charge is 0.478 e. The van der Waals surface area contributed by atoms with Crippen LogP contribution in [0.25, 0.3) is 22.9 Å². The summed E-state index contributed by atoms with van der Waals surface area (Å²) in [6.07, 6.45) is 7.56. The maximum atomic E-state index is 15.2. The number of halogens is 2. The van der Waals surface area contributed by atoms with Gasteiger partial charge in [0.25, 0.3) is 5.91 Å². The van der Waals surface area contributed by atoms with E-state index in [4.69, 9.17) is 11.6 Å². The van der Waals surface area contributed by atoms with Crippen molar-refractivity contribution in [3.05, 3.63) is 125 Å². The molecule has 0 saturated carbocycles. The Morgan fingerprint density at radius 3 is 2.51 bits per heavy atom. The summed E-state index contributed by atoms with van der Waals surface area (Å²) in [6.45, 7) is 0.187. The van der Waals surface area contributed by atoms with Crippen LogP contribution in [0.3, 0.4) is 0 Å². The lowest BCUT2D eigenvalue weighted by Gasteiger charge is -2.36. The molecule has 2 N–H and O–H groups in total. The number of amides is 2. The molecule has 3 aromatic carbocycles. The Bertz CT molecular complexity index is 1930. The van der Waals surface area contributed by atoms with E-state index in [9.17, 15) is 19.5 Å². The standard InChI is InChI=1S/C32H23ClFN7O4/c33-26-9-10-27(41-18-36-38-39-41)25(29(26)34)8-11-28(42)40-17-14-23-22(19-12-15-35-16-13-19)2-1-3-24(23)30(40)31(43)37-21-6-4-20(5-7-21)32(44)45/h1-13,15-16,18,30H,14,17H2,(H,37,43)(H,44,45). The number of anilines is 1. The monoisotopic (exact) mass is 623 g/mol. The van der Waals surface area contributed by atoms with Crippen molar-refractivity contribution in [2.24, 2.45) is 0 Å². The summed E-state index contributed by atoms with van der Waals surface area (Å²) in [5.41, 5.74) is 4.02. The minimum absolute atomic E-state index is 0.0138. The number of carbonyl (C=O) groups is 3. The van der Waals surface area contributed by atoms with E-state index in [-0.39, 0.29) is 28.4 Å². The van der Waals surface area contributed by atoms with E-state index in [2.05, 4.69) is 25.8 Å². The van der Waals surface area contributed by atoms with Gasteiger partial charge in [-0.25, -0.2) is 9.18 Å². The number of tetrazole rings is 1. The van der Waals surface area contributed by atoms with E-state index in [0.717, 1.165) is 16.7 Å². The molecule has 0 spiro atoms. The van der Waals surface area contributed by atoms with Gasteiger partial charge in [-0.3, -0.25) is 14.6 Å². The van der Waals surface area contributed by atoms with Crippen molar-refractivity contribution in [3.8, 4) is 16.8 Å². The van der Waals surface area contributed by atoms with Gasteiger partial charge >= 0.3 is 5.97 Å². The van der Waals surface area contributed by atoms with Crippen LogP contribution in [0, 0.1) is 5.82 Å². The summed E-state index contributed by atoms with van der Waals surface area (Å²) in [4.78, 5) is 44.5. The fourth-order valence-electron chi connectivity index (χ4n) is 5.33. The van der Waals surface area contributed by atoms with Gasteiger partial charge in [0.05, 0.1) is 16.3 Å². The highest BCUT2D eigenvalue weighted by atomic mass is 35.5. The molecule has 2 amide bonds. The van der Waals surface area contributed by atoms with Crippen molar-refractivity contribution in [1.82, 2.24) is 30.1 Å². The first-order valence-electron chi connectivity index (χ1n) is 13.7. The van der Waals surface area contributed by atoms with E-state index < -0.39 is 29.6 Å². The van der Waals surface area contributed by atoms with Crippen LogP contribution in [-0.2, 0) is 16.0 Å². The van der Waals surface area contributed by atoms with Gasteiger partial charge in [0.2, 0.25) is 5.91 Å². The lowest BCUT2D eigenvalue weighted by molar-refractivity contribution is -0.135. The van der Waals surface area contributed by atoms with E-state index in [0.29, 0.717) is 17.7 Å². The Hall–Kier alpha value is -5.75. The smallest absolute Gasteiger partial charge is 0.335 e. The Balaban J connectivity index is 1.38. The quantitative estimate of drug-likeness (QED) is 0.241. The zero-order valence-corrected chi connectivity index (χ0v) is 24.1. The predicted molar refractivity (Wildman–Crippen MR) is 163 cm³/mol. The highest BCUT2D eigenvalue weighted by Crippen LogP contribution is 2.37. The molecule has 1 unspecified atom stereocenters. The number of hydrogen-bond acceptors (Lipinski definition) is 7. The zero-order valence-electron chi connectivity index (χ0n) is 23.3. The molecule has 224 valence electrons. The van der Waals surface area contributed by atoms with Crippen molar-refractivity contribution < 1.29 is 23.9 Å². The fraction of sp³-hybridized carbons (Fsp3) is 0.0938. The first-order chi connectivity index (χ1) is 21.8. The Labute approximate surface area is 260 Å². The normalized spacial score (nSPS) is 14.3. The summed E-state index contributed by atoms with van der Waals surface area (Å²) < 4.78 is 16.4. The number of aromatic carboxylic acids is 1. The third kappa shape index (κ3) is 5.91. The van der Waals surface area contributed by atoms with Gasteiger partial charge in [-0.05, 0) is 93.7 Å². The Kier molecular flexibility index (Phi) is 8.12. The lowest BCUT2D eigenvalue weighted by atomic mass is 9.86. The molecule has 0 aliphatic carbocycles. The fourth-order valence-corrected chi connectivity index (χ4v) is 5.50. The lowest BCUT2D eigenvalue weighted by Crippen LogP contribution is -2.45. The molecule has 13 heteroatoms. The topological polar surface area (TPSA) is 143 Å². The number of nitrogens with one attached hydrogen (secondary N) is 1. The Morgan fingerprint density at radius 1 is 1.02 bits per heavy atom. The second-order valence-corrected chi connectivity index (χ2v) is 10.5. The number of rotatable bonds is 7. The van der Waals surface area contributed by atoms with Crippen LogP contribution in [-0.4, -0.2) is 59.5 Å². The molecule has 3 heterocycles. The first kappa shape index (κ1) is 29.3. The number of nitrogens with zero attached hydrogens (tertiary/aromatic N) is 6. The van der Waals surface area contributed by atoms with Crippen LogP contribution in [0.4, 0.5) is 10.1 Å². The van der Waals surface area contributed by atoms with Gasteiger partial charge in [0.1, 0.15) is 12.4 Å². The first-order valence-corrected chi connectivity index (χ1v) is 14.1. The SMILES string of the molecule is O=C(O)c1ccc(NC(=O)C2c3cccc(-c4ccncc4)c3CCN2C(=O)C=Cc2c(-n3cnnn3)ccc(Cl)c2F)cc1. The van der Waals surface area contributed by atoms with Crippen molar-refractivity contribution in [3.63, 3.8) is 0 Å². The molecule has 45 heavy (non-hydrogen) atoms. The molecular weight excluding hydrogens is 601 g/mol. The van der Waals surface area contributed by atoms with Crippen molar-refractivity contribution >= 4 is 41.1 Å². The van der Waals surface area contributed by atoms with Gasteiger partial charge in [-0.2, -0.15) is 4.68 Å². The molecule has 1 aliphatic rings. The second kappa shape index (κ2) is 12.5. The predicted octanol–water partition coefficient (Wildman–Crippen LogP) is 4.99. The summed E-state index contributed by atoms with van der Waals surface area (Å²) >= 11 is 6.05. The number of carboxylic acid groups (broad SMARTS) is 1. The van der Waals surface area contributed by atoms with Crippen LogP contribution in [0.5, 0.6) is 0 Å². The summed E-state index contributed by atoms with van der Waals surface area (Å²) in [6, 6.07) is 16.8. The van der Waals surface area contributed by atoms with Gasteiger partial charge in [-0.15, -0.1) is 5.10 Å². The highest BCUT2D eigenvalue weighted by Gasteiger charge is 2.36. The molecule has 0 fully saturated rings. The van der Waals surface area contributed by atoms with Crippen molar-refractivity contribution in [1.29, 1.82) is 0 Å². The summed E-state index contributed by atoms with van der Waals surface area (Å²) in [5.74, 6) is -2.91. The third-order valence-electron chi connectivity index (χ3n) is 7.44. The van der Waals surface area contributed by atoms with Crippen molar-refractivity contribution in [2.45, 2.75) is 12.5 Å². The zero-order chi connectivity index (χ0) is 31.5. The molecule has 5 aromatic rings. The number of fused-ring (bicyclic) bond motifs is 1. The minimum Gasteiger partial charge on any atom is -0.478 e. The van der Waals surface area contributed by atoms with Gasteiger partial charge in [0.15, 0.2) is 5.82 Å². The van der Waals surface area contributed by atoms with Crippen molar-refractivity contribution in [2.75, 3.05) is 11.9 Å². The van der Waals surface area contributed by atoms with E-state index in [1.807, 2.05) is 24.3 Å². The van der Waals surface area contributed by atoms with E-state index in [1.54, 1.807) is 18.5 Å². The number of carboxylic acids is 1. The van der Waals surface area contributed by atoms with Crippen LogP contribution in [0.1, 0.15) is 33.1 Å². The molecular formula is C32H23ClFN7O4. The molecule has 1 atom stereocenters.